The monoisotopic (exact) mass is 426 g/mol. The van der Waals surface area contributed by atoms with Gasteiger partial charge in [0.1, 0.15) is 5.75 Å². The Morgan fingerprint density at radius 1 is 1.17 bits per heavy atom. The second-order valence-corrected chi connectivity index (χ2v) is 8.57. The van der Waals surface area contributed by atoms with Crippen LogP contribution in [0.5, 0.6) is 5.75 Å². The number of hydrogen-bond donors (Lipinski definition) is 2. The molecule has 29 heavy (non-hydrogen) atoms. The molecule has 0 aliphatic carbocycles. The Morgan fingerprint density at radius 2 is 1.93 bits per heavy atom. The topological polar surface area (TPSA) is 61.7 Å². The molecular weight excluding hydrogens is 404 g/mol. The molecule has 0 unspecified atom stereocenters. The number of fused-ring (bicyclic) bond motifs is 1. The number of aromatic hydroxyl groups is 1. The van der Waals surface area contributed by atoms with Crippen LogP contribution in [0.4, 0.5) is 0 Å². The molecule has 3 aromatic carbocycles. The van der Waals surface area contributed by atoms with E-state index in [4.69, 9.17) is 11.6 Å². The number of nitrogens with zero attached hydrogens (tertiary/aromatic N) is 1. The minimum Gasteiger partial charge on any atom is -0.506 e. The van der Waals surface area contributed by atoms with E-state index < -0.39 is 5.91 Å². The molecule has 0 heterocycles. The van der Waals surface area contributed by atoms with E-state index in [2.05, 4.69) is 42.6 Å². The number of thioether (sulfide) groups is 1. The lowest BCUT2D eigenvalue weighted by atomic mass is 10.0. The molecule has 0 spiro atoms. The molecule has 0 fully saturated rings. The molecule has 0 aliphatic rings. The number of nitrogens with one attached hydrogen (secondary N) is 1. The molecule has 3 rings (SSSR count). The van der Waals surface area contributed by atoms with Crippen LogP contribution in [0.1, 0.15) is 35.3 Å². The van der Waals surface area contributed by atoms with Crippen molar-refractivity contribution in [1.29, 1.82) is 0 Å². The number of phenolic OH excluding ortho intramolecular Hbond substituents is 1. The van der Waals surface area contributed by atoms with Gasteiger partial charge in [0.05, 0.1) is 11.2 Å². The van der Waals surface area contributed by atoms with Crippen LogP contribution < -0.4 is 5.43 Å². The summed E-state index contributed by atoms with van der Waals surface area (Å²) in [5, 5.41) is 16.0. The standard InChI is InChI=1S/C23H23ClN2O2S/c1-15(2)13-29-14-18-8-7-17(19-5-3-4-6-20(18)19)12-25-26-23(28)16-9-10-22(27)21(24)11-16/h3-12,15,27H,13-14H2,1-2H3,(H,26,28)/b25-12+. The largest absolute Gasteiger partial charge is 0.506 e. The first-order valence-electron chi connectivity index (χ1n) is 9.36. The molecule has 4 nitrogen and oxygen atoms in total. The summed E-state index contributed by atoms with van der Waals surface area (Å²) in [7, 11) is 0. The van der Waals surface area contributed by atoms with Gasteiger partial charge in [0.25, 0.3) is 5.91 Å². The van der Waals surface area contributed by atoms with Gasteiger partial charge in [0, 0.05) is 16.9 Å². The summed E-state index contributed by atoms with van der Waals surface area (Å²) in [5.41, 5.74) is 5.06. The average Bonchev–Trinajstić information content (AvgIpc) is 2.71. The average molecular weight is 427 g/mol. The molecule has 1 amide bonds. The Labute approximate surface area is 180 Å². The highest BCUT2D eigenvalue weighted by Crippen LogP contribution is 2.26. The number of halogens is 1. The van der Waals surface area contributed by atoms with Gasteiger partial charge in [-0.3, -0.25) is 4.79 Å². The van der Waals surface area contributed by atoms with Gasteiger partial charge in [-0.15, -0.1) is 0 Å². The number of hydrogen-bond acceptors (Lipinski definition) is 4. The van der Waals surface area contributed by atoms with E-state index >= 15 is 0 Å². The predicted molar refractivity (Wildman–Crippen MR) is 123 cm³/mol. The second kappa shape index (κ2) is 9.81. The van der Waals surface area contributed by atoms with Gasteiger partial charge in [-0.05, 0) is 46.2 Å². The highest BCUT2D eigenvalue weighted by atomic mass is 35.5. The lowest BCUT2D eigenvalue weighted by Gasteiger charge is -2.10. The zero-order valence-corrected chi connectivity index (χ0v) is 17.9. The van der Waals surface area contributed by atoms with Gasteiger partial charge in [-0.1, -0.05) is 61.8 Å². The van der Waals surface area contributed by atoms with Crippen molar-refractivity contribution in [3.63, 3.8) is 0 Å². The van der Waals surface area contributed by atoms with E-state index in [1.807, 2.05) is 30.0 Å². The Bertz CT molecular complexity index is 1050. The molecule has 0 bridgehead atoms. The molecular formula is C23H23ClN2O2S. The third-order valence-electron chi connectivity index (χ3n) is 4.34. The summed E-state index contributed by atoms with van der Waals surface area (Å²) in [6.07, 6.45) is 1.65. The fourth-order valence-corrected chi connectivity index (χ4v) is 4.14. The Kier molecular flexibility index (Phi) is 7.18. The van der Waals surface area contributed by atoms with E-state index in [0.29, 0.717) is 11.5 Å². The first-order chi connectivity index (χ1) is 14.0. The van der Waals surface area contributed by atoms with Crippen LogP contribution in [-0.2, 0) is 5.75 Å². The minimum atomic E-state index is -0.394. The number of carbonyl (C=O) groups is 1. The highest BCUT2D eigenvalue weighted by molar-refractivity contribution is 7.98. The van der Waals surface area contributed by atoms with Crippen molar-refractivity contribution < 1.29 is 9.90 Å². The fourth-order valence-electron chi connectivity index (χ4n) is 2.90. The summed E-state index contributed by atoms with van der Waals surface area (Å²) < 4.78 is 0. The van der Waals surface area contributed by atoms with Crippen molar-refractivity contribution in [3.8, 4) is 5.75 Å². The van der Waals surface area contributed by atoms with E-state index in [-0.39, 0.29) is 10.8 Å². The normalized spacial score (nSPS) is 11.4. The van der Waals surface area contributed by atoms with Crippen molar-refractivity contribution >= 4 is 46.3 Å². The molecule has 2 N–H and O–H groups in total. The number of amides is 1. The third kappa shape index (κ3) is 5.52. The molecule has 0 aliphatic heterocycles. The van der Waals surface area contributed by atoms with Gasteiger partial charge < -0.3 is 5.11 Å². The summed E-state index contributed by atoms with van der Waals surface area (Å²) in [4.78, 5) is 12.2. The van der Waals surface area contributed by atoms with Crippen LogP contribution in [-0.4, -0.2) is 23.0 Å². The highest BCUT2D eigenvalue weighted by Gasteiger charge is 2.08. The number of hydrazone groups is 1. The lowest BCUT2D eigenvalue weighted by molar-refractivity contribution is 0.0955. The number of carbonyl (C=O) groups excluding carboxylic acids is 1. The molecule has 6 heteroatoms. The summed E-state index contributed by atoms with van der Waals surface area (Å²) >= 11 is 7.79. The van der Waals surface area contributed by atoms with Crippen molar-refractivity contribution in [2.45, 2.75) is 19.6 Å². The third-order valence-corrected chi connectivity index (χ3v) is 6.06. The SMILES string of the molecule is CC(C)CSCc1ccc(/C=N/NC(=O)c2ccc(O)c(Cl)c2)c2ccccc12. The molecule has 0 saturated carbocycles. The first-order valence-corrected chi connectivity index (χ1v) is 10.9. The summed E-state index contributed by atoms with van der Waals surface area (Å²) in [5.74, 6) is 2.31. The summed E-state index contributed by atoms with van der Waals surface area (Å²) in [6, 6.07) is 16.7. The first kappa shape index (κ1) is 21.2. The van der Waals surface area contributed by atoms with E-state index in [1.165, 1.54) is 29.1 Å². The van der Waals surface area contributed by atoms with Crippen LogP contribution in [0, 0.1) is 5.92 Å². The number of benzene rings is 3. The molecule has 0 saturated heterocycles. The number of rotatable bonds is 7. The van der Waals surface area contributed by atoms with Crippen LogP contribution in [0.3, 0.4) is 0 Å². The van der Waals surface area contributed by atoms with Gasteiger partial charge in [-0.25, -0.2) is 5.43 Å². The van der Waals surface area contributed by atoms with Crippen molar-refractivity contribution in [2.75, 3.05) is 5.75 Å². The van der Waals surface area contributed by atoms with E-state index in [9.17, 15) is 9.90 Å². The van der Waals surface area contributed by atoms with Crippen molar-refractivity contribution in [1.82, 2.24) is 5.43 Å². The Balaban J connectivity index is 1.76. The maximum Gasteiger partial charge on any atom is 0.271 e. The molecule has 0 atom stereocenters. The zero-order valence-electron chi connectivity index (χ0n) is 16.4. The summed E-state index contributed by atoms with van der Waals surface area (Å²) in [6.45, 7) is 4.45. The van der Waals surface area contributed by atoms with E-state index in [0.717, 1.165) is 22.5 Å². The molecule has 3 aromatic rings. The van der Waals surface area contributed by atoms with Crippen LogP contribution in [0.25, 0.3) is 10.8 Å². The van der Waals surface area contributed by atoms with Gasteiger partial charge in [0.2, 0.25) is 0 Å². The van der Waals surface area contributed by atoms with Crippen LogP contribution >= 0.6 is 23.4 Å². The van der Waals surface area contributed by atoms with Gasteiger partial charge in [0.15, 0.2) is 0 Å². The maximum atomic E-state index is 12.2. The Hall–Kier alpha value is -2.50. The van der Waals surface area contributed by atoms with Gasteiger partial charge >= 0.3 is 0 Å². The smallest absolute Gasteiger partial charge is 0.271 e. The van der Waals surface area contributed by atoms with E-state index in [1.54, 1.807) is 6.21 Å². The van der Waals surface area contributed by atoms with Crippen molar-refractivity contribution in [3.05, 3.63) is 76.3 Å². The molecule has 150 valence electrons. The number of phenols is 1. The zero-order chi connectivity index (χ0) is 20.8. The lowest BCUT2D eigenvalue weighted by Crippen LogP contribution is -2.17. The molecule has 0 radical (unpaired) electrons. The van der Waals surface area contributed by atoms with Crippen LogP contribution in [0.15, 0.2) is 59.7 Å². The second-order valence-electron chi connectivity index (χ2n) is 7.13. The quantitative estimate of drug-likeness (QED) is 0.368. The van der Waals surface area contributed by atoms with Crippen LogP contribution in [0.2, 0.25) is 5.02 Å². The van der Waals surface area contributed by atoms with Gasteiger partial charge in [-0.2, -0.15) is 16.9 Å². The molecule has 0 aromatic heterocycles. The Morgan fingerprint density at radius 3 is 2.66 bits per heavy atom. The minimum absolute atomic E-state index is 0.0650. The fraction of sp³-hybridized carbons (Fsp3) is 0.217. The maximum absolute atomic E-state index is 12.2. The van der Waals surface area contributed by atoms with Crippen molar-refractivity contribution in [2.24, 2.45) is 11.0 Å². The predicted octanol–water partition coefficient (Wildman–Crippen LogP) is 5.85.